The van der Waals surface area contributed by atoms with E-state index in [2.05, 4.69) is 170 Å². The van der Waals surface area contributed by atoms with Gasteiger partial charge in [-0.05, 0) is 124 Å². The molecule has 252 valence electrons. The number of fused-ring (bicyclic) bond motifs is 8. The molecule has 0 spiro atoms. The fourth-order valence-corrected chi connectivity index (χ4v) is 8.49. The molecule has 0 N–H and O–H groups in total. The van der Waals surface area contributed by atoms with Gasteiger partial charge >= 0.3 is 0 Å². The van der Waals surface area contributed by atoms with Crippen LogP contribution < -0.4 is 0 Å². The van der Waals surface area contributed by atoms with Gasteiger partial charge in [-0.25, -0.2) is 9.97 Å². The molecule has 0 amide bonds. The first-order chi connectivity index (χ1) is 26.6. The van der Waals surface area contributed by atoms with Crippen LogP contribution in [0.1, 0.15) is 5.56 Å². The first kappa shape index (κ1) is 30.5. The van der Waals surface area contributed by atoms with Crippen molar-refractivity contribution in [2.24, 2.45) is 0 Å². The van der Waals surface area contributed by atoms with Gasteiger partial charge in [0.2, 0.25) is 5.78 Å². The molecule has 3 heteroatoms. The van der Waals surface area contributed by atoms with Crippen LogP contribution in [0.15, 0.2) is 182 Å². The number of hydrogen-bond acceptors (Lipinski definition) is 2. The minimum Gasteiger partial charge on any atom is -0.291 e. The fourth-order valence-electron chi connectivity index (χ4n) is 8.49. The van der Waals surface area contributed by atoms with Crippen molar-refractivity contribution in [1.29, 1.82) is 0 Å². The second kappa shape index (κ2) is 12.0. The van der Waals surface area contributed by atoms with Crippen molar-refractivity contribution in [2.45, 2.75) is 6.92 Å². The normalized spacial score (nSPS) is 11.8. The summed E-state index contributed by atoms with van der Waals surface area (Å²) in [4.78, 5) is 9.08. The second-order valence-electron chi connectivity index (χ2n) is 14.4. The van der Waals surface area contributed by atoms with Crippen molar-refractivity contribution in [3.8, 4) is 44.6 Å². The van der Waals surface area contributed by atoms with Crippen LogP contribution in [0.5, 0.6) is 0 Å². The van der Waals surface area contributed by atoms with Crippen molar-refractivity contribution in [1.82, 2.24) is 14.4 Å². The van der Waals surface area contributed by atoms with Gasteiger partial charge in [0.05, 0.1) is 5.69 Å². The number of imidazole rings is 1. The summed E-state index contributed by atoms with van der Waals surface area (Å²) in [5.74, 6) is 0.707. The van der Waals surface area contributed by atoms with E-state index in [1.54, 1.807) is 6.20 Å². The van der Waals surface area contributed by atoms with Crippen LogP contribution in [0, 0.1) is 6.92 Å². The Hall–Kier alpha value is -7.10. The predicted molar refractivity (Wildman–Crippen MR) is 227 cm³/mol. The Morgan fingerprint density at radius 3 is 1.69 bits per heavy atom. The largest absolute Gasteiger partial charge is 0.291 e. The van der Waals surface area contributed by atoms with Crippen molar-refractivity contribution < 1.29 is 0 Å². The minimum atomic E-state index is 0.707. The average Bonchev–Trinajstić information content (AvgIpc) is 3.67. The zero-order valence-electron chi connectivity index (χ0n) is 29.7. The van der Waals surface area contributed by atoms with Gasteiger partial charge in [0.1, 0.15) is 0 Å². The molecule has 0 saturated heterocycles. The molecule has 0 aliphatic rings. The maximum Gasteiger partial charge on any atom is 0.234 e. The number of aryl methyl sites for hydroxylation is 1. The molecule has 2 heterocycles. The molecule has 0 unspecified atom stereocenters. The molecule has 54 heavy (non-hydrogen) atoms. The lowest BCUT2D eigenvalue weighted by molar-refractivity contribution is 1.11. The molecule has 2 aromatic heterocycles. The Kier molecular flexibility index (Phi) is 6.77. The highest BCUT2D eigenvalue weighted by Gasteiger charge is 2.15. The number of aromatic nitrogens is 3. The summed E-state index contributed by atoms with van der Waals surface area (Å²) in [5.41, 5.74) is 10.7. The number of nitrogens with zero attached hydrogens (tertiary/aromatic N) is 3. The average molecular weight is 688 g/mol. The van der Waals surface area contributed by atoms with E-state index in [1.807, 2.05) is 22.9 Å². The van der Waals surface area contributed by atoms with Crippen LogP contribution in [0.2, 0.25) is 0 Å². The Morgan fingerprint density at radius 1 is 0.426 bits per heavy atom. The van der Waals surface area contributed by atoms with Crippen molar-refractivity contribution in [3.63, 3.8) is 0 Å². The van der Waals surface area contributed by atoms with Gasteiger partial charge in [-0.1, -0.05) is 140 Å². The topological polar surface area (TPSA) is 30.2 Å². The zero-order chi connectivity index (χ0) is 35.8. The Bertz CT molecular complexity index is 3250. The van der Waals surface area contributed by atoms with E-state index in [1.165, 1.54) is 92.8 Å². The van der Waals surface area contributed by atoms with E-state index < -0.39 is 0 Å². The lowest BCUT2D eigenvalue weighted by atomic mass is 9.88. The zero-order valence-corrected chi connectivity index (χ0v) is 29.7. The summed E-state index contributed by atoms with van der Waals surface area (Å²) in [6.07, 6.45) is 5.78. The highest BCUT2D eigenvalue weighted by Crippen LogP contribution is 2.41. The molecule has 9 aromatic carbocycles. The van der Waals surface area contributed by atoms with Gasteiger partial charge < -0.3 is 0 Å². The third kappa shape index (κ3) is 4.90. The molecular formula is C51H33N3. The van der Waals surface area contributed by atoms with Crippen LogP contribution >= 0.6 is 0 Å². The Morgan fingerprint density at radius 2 is 0.963 bits per heavy atom. The molecule has 0 atom stereocenters. The van der Waals surface area contributed by atoms with E-state index in [0.29, 0.717) is 5.78 Å². The summed E-state index contributed by atoms with van der Waals surface area (Å²) < 4.78 is 1.96. The lowest BCUT2D eigenvalue weighted by Gasteiger charge is -2.16. The van der Waals surface area contributed by atoms with E-state index in [4.69, 9.17) is 4.98 Å². The summed E-state index contributed by atoms with van der Waals surface area (Å²) in [7, 11) is 0. The summed E-state index contributed by atoms with van der Waals surface area (Å²) in [6, 6.07) is 60.2. The highest BCUT2D eigenvalue weighted by molar-refractivity contribution is 6.21. The van der Waals surface area contributed by atoms with E-state index in [9.17, 15) is 0 Å². The van der Waals surface area contributed by atoms with Gasteiger partial charge in [-0.15, -0.1) is 0 Å². The molecular weight excluding hydrogens is 655 g/mol. The van der Waals surface area contributed by atoms with Gasteiger partial charge in [-0.2, -0.15) is 0 Å². The minimum absolute atomic E-state index is 0.707. The summed E-state index contributed by atoms with van der Waals surface area (Å²) in [6.45, 7) is 2.23. The first-order valence-electron chi connectivity index (χ1n) is 18.5. The van der Waals surface area contributed by atoms with Crippen molar-refractivity contribution in [3.05, 3.63) is 188 Å². The van der Waals surface area contributed by atoms with Crippen molar-refractivity contribution >= 4 is 59.6 Å². The molecule has 0 aliphatic heterocycles. The highest BCUT2D eigenvalue weighted by atomic mass is 15.1. The maximum absolute atomic E-state index is 4.71. The predicted octanol–water partition coefficient (Wildman–Crippen LogP) is 13.5. The van der Waals surface area contributed by atoms with Gasteiger partial charge in [0.25, 0.3) is 0 Å². The number of benzene rings is 9. The standard InChI is InChI=1S/C51H33N3/c1-32-6-2-7-35-16-17-37-9-4-11-46(50(37)48(32)35)45-10-3-8-36-18-22-42-29-39(24-25-44(42)49(36)45)34-14-12-33(13-15-34)38-19-20-41-30-43(23-21-40(41)28-38)47-31-54-27-5-26-52-51(54)53-47/h2-31H,1H3. The molecule has 0 aliphatic carbocycles. The Balaban J connectivity index is 0.947. The van der Waals surface area contributed by atoms with Crippen LogP contribution in [0.25, 0.3) is 104 Å². The smallest absolute Gasteiger partial charge is 0.234 e. The van der Waals surface area contributed by atoms with E-state index in [-0.39, 0.29) is 0 Å². The fraction of sp³-hybridized carbons (Fsp3) is 0.0196. The molecule has 3 nitrogen and oxygen atoms in total. The van der Waals surface area contributed by atoms with Gasteiger partial charge in [0, 0.05) is 24.2 Å². The molecule has 0 fully saturated rings. The third-order valence-electron chi connectivity index (χ3n) is 11.2. The van der Waals surface area contributed by atoms with Crippen LogP contribution in [0.3, 0.4) is 0 Å². The summed E-state index contributed by atoms with van der Waals surface area (Å²) in [5, 5.41) is 12.7. The molecule has 11 rings (SSSR count). The summed E-state index contributed by atoms with van der Waals surface area (Å²) >= 11 is 0. The van der Waals surface area contributed by atoms with Crippen LogP contribution in [0.4, 0.5) is 0 Å². The maximum atomic E-state index is 4.71. The van der Waals surface area contributed by atoms with Crippen LogP contribution in [-0.2, 0) is 0 Å². The second-order valence-corrected chi connectivity index (χ2v) is 14.4. The number of rotatable bonds is 4. The van der Waals surface area contributed by atoms with Gasteiger partial charge in [0.15, 0.2) is 0 Å². The SMILES string of the molecule is Cc1cccc2ccc3cccc(-c4cccc5ccc6cc(-c7ccc(-c8ccc9cc(-c%10cn%11cccnc%11n%10)ccc9c8)cc7)ccc6c45)c3c12. The monoisotopic (exact) mass is 687 g/mol. The van der Waals surface area contributed by atoms with E-state index in [0.717, 1.165) is 11.3 Å². The molecule has 11 aromatic rings. The molecule has 0 bridgehead atoms. The molecule has 0 radical (unpaired) electrons. The first-order valence-corrected chi connectivity index (χ1v) is 18.5. The van der Waals surface area contributed by atoms with E-state index >= 15 is 0 Å². The molecule has 0 saturated carbocycles. The van der Waals surface area contributed by atoms with Crippen LogP contribution in [-0.4, -0.2) is 14.4 Å². The Labute approximate surface area is 312 Å². The quantitative estimate of drug-likeness (QED) is 0.172. The lowest BCUT2D eigenvalue weighted by Crippen LogP contribution is -1.89. The number of hydrogen-bond donors (Lipinski definition) is 0. The third-order valence-corrected chi connectivity index (χ3v) is 11.2. The van der Waals surface area contributed by atoms with Gasteiger partial charge in [-0.3, -0.25) is 4.40 Å². The van der Waals surface area contributed by atoms with Crippen molar-refractivity contribution in [2.75, 3.05) is 0 Å².